The lowest BCUT2D eigenvalue weighted by atomic mass is 9.96. The lowest BCUT2D eigenvalue weighted by Gasteiger charge is -2.32. The molecule has 12 N–H and O–H groups in total. The quantitative estimate of drug-likeness (QED) is 0.0400. The van der Waals surface area contributed by atoms with Crippen LogP contribution in [0.3, 0.4) is 0 Å². The highest BCUT2D eigenvalue weighted by Crippen LogP contribution is 2.22. The zero-order valence-electron chi connectivity index (χ0n) is 42.8. The highest BCUT2D eigenvalue weighted by molar-refractivity contribution is 5.98. The largest absolute Gasteiger partial charge is 0.508 e. The van der Waals surface area contributed by atoms with Crippen LogP contribution in [0, 0.1) is 17.8 Å². The number of carbonyl (C=O) groups excluding carboxylic acids is 7. The summed E-state index contributed by atoms with van der Waals surface area (Å²) in [7, 11) is 0. The van der Waals surface area contributed by atoms with E-state index in [0.717, 1.165) is 0 Å². The Balaban J connectivity index is 1.38. The fourth-order valence-electron chi connectivity index (χ4n) is 8.57. The third kappa shape index (κ3) is 16.7. The zero-order chi connectivity index (χ0) is 54.1. The van der Waals surface area contributed by atoms with Gasteiger partial charge in [0.05, 0.1) is 18.7 Å². The number of nitrogens with two attached hydrogens (primary N) is 1. The monoisotopic (exact) mass is 1020 g/mol. The Hall–Kier alpha value is -7.62. The SMILES string of the molecule is CC[C@H](C)[C@H](NC(=O)[C@H](Cc1ccc(O)cc1)NC(=O)[C@@H](N)C(C)C)C(=O)N[C@@H](Cc1cnc[nH]1)C(=O)N1CCC[C@H]1C(=O)N[C@@H](Cc1ccccc1)C(=O)N[C@@H](Cc1cnc[nH]1)C(=O)N[C@@H](CC(C)C)C(=O)O. The molecule has 0 bridgehead atoms. The van der Waals surface area contributed by atoms with E-state index < -0.39 is 102 Å². The van der Waals surface area contributed by atoms with Gasteiger partial charge >= 0.3 is 5.97 Å². The van der Waals surface area contributed by atoms with E-state index in [-0.39, 0.29) is 62.7 Å². The molecule has 1 fully saturated rings. The van der Waals surface area contributed by atoms with Gasteiger partial charge in [-0.05, 0) is 60.3 Å². The number of aromatic nitrogens is 4. The highest BCUT2D eigenvalue weighted by atomic mass is 16.4. The number of carboxylic acids is 1. The van der Waals surface area contributed by atoms with Crippen LogP contribution in [0.4, 0.5) is 0 Å². The van der Waals surface area contributed by atoms with Crippen molar-refractivity contribution in [1.29, 1.82) is 0 Å². The molecular formula is C52H72N12O10. The van der Waals surface area contributed by atoms with Gasteiger partial charge in [-0.25, -0.2) is 14.8 Å². The second kappa shape index (κ2) is 27.4. The van der Waals surface area contributed by atoms with Crippen LogP contribution >= 0.6 is 0 Å². The number of nitrogens with one attached hydrogen (secondary N) is 8. The number of phenols is 1. The van der Waals surface area contributed by atoms with Crippen molar-refractivity contribution in [3.05, 3.63) is 102 Å². The number of hydrogen-bond acceptors (Lipinski definition) is 12. The Bertz CT molecular complexity index is 2490. The number of hydrogen-bond donors (Lipinski definition) is 11. The third-order valence-corrected chi connectivity index (χ3v) is 13.1. The average Bonchev–Trinajstić information content (AvgIpc) is 4.19. The van der Waals surface area contributed by atoms with Gasteiger partial charge in [-0.1, -0.05) is 90.4 Å². The minimum atomic E-state index is -1.29. The topological polar surface area (TPSA) is 336 Å². The number of carbonyl (C=O) groups is 8. The van der Waals surface area contributed by atoms with E-state index in [4.69, 9.17) is 5.73 Å². The Morgan fingerprint density at radius 2 is 1.18 bits per heavy atom. The van der Waals surface area contributed by atoms with E-state index in [1.54, 1.807) is 63.2 Å². The van der Waals surface area contributed by atoms with Gasteiger partial charge in [-0.3, -0.25) is 33.6 Å². The van der Waals surface area contributed by atoms with Crippen LogP contribution < -0.4 is 37.6 Å². The maximum Gasteiger partial charge on any atom is 0.326 e. The van der Waals surface area contributed by atoms with Crippen LogP contribution in [0.2, 0.25) is 0 Å². The summed E-state index contributed by atoms with van der Waals surface area (Å²) >= 11 is 0. The van der Waals surface area contributed by atoms with Gasteiger partial charge in [0.25, 0.3) is 0 Å². The third-order valence-electron chi connectivity index (χ3n) is 13.1. The van der Waals surface area contributed by atoms with Gasteiger partial charge in [-0.2, -0.15) is 0 Å². The first-order valence-electron chi connectivity index (χ1n) is 25.1. The highest BCUT2D eigenvalue weighted by Gasteiger charge is 2.41. The van der Waals surface area contributed by atoms with Crippen molar-refractivity contribution < 1.29 is 48.6 Å². The molecule has 5 rings (SSSR count). The van der Waals surface area contributed by atoms with Crippen molar-refractivity contribution >= 4 is 47.3 Å². The first-order chi connectivity index (χ1) is 35.2. The number of aromatic hydroxyl groups is 1. The number of phenolic OH excluding ortho intramolecular Hbond substituents is 1. The van der Waals surface area contributed by atoms with Gasteiger partial charge in [0.1, 0.15) is 48.0 Å². The van der Waals surface area contributed by atoms with Crippen molar-refractivity contribution in [2.24, 2.45) is 23.5 Å². The van der Waals surface area contributed by atoms with Crippen LogP contribution in [-0.2, 0) is 64.0 Å². The number of amides is 7. The second-order valence-electron chi connectivity index (χ2n) is 19.7. The molecular weight excluding hydrogens is 953 g/mol. The summed E-state index contributed by atoms with van der Waals surface area (Å²) in [5.41, 5.74) is 8.39. The number of carboxylic acid groups (broad SMARTS) is 1. The lowest BCUT2D eigenvalue weighted by molar-refractivity contribution is -0.143. The molecule has 1 aliphatic rings. The maximum absolute atomic E-state index is 14.8. The molecule has 3 heterocycles. The lowest BCUT2D eigenvalue weighted by Crippen LogP contribution is -2.61. The number of benzene rings is 2. The summed E-state index contributed by atoms with van der Waals surface area (Å²) < 4.78 is 0. The predicted molar refractivity (Wildman–Crippen MR) is 272 cm³/mol. The number of nitrogens with zero attached hydrogens (tertiary/aromatic N) is 3. The molecule has 2 aromatic carbocycles. The Kier molecular flexibility index (Phi) is 21.2. The molecule has 4 aromatic rings. The fourth-order valence-corrected chi connectivity index (χ4v) is 8.57. The van der Waals surface area contributed by atoms with E-state index in [1.165, 1.54) is 42.1 Å². The predicted octanol–water partition coefficient (Wildman–Crippen LogP) is 1.17. The normalized spacial score (nSPS) is 16.7. The van der Waals surface area contributed by atoms with Crippen molar-refractivity contribution in [2.75, 3.05) is 6.54 Å². The Labute approximate surface area is 430 Å². The molecule has 7 amide bonds. The van der Waals surface area contributed by atoms with E-state index >= 15 is 0 Å². The summed E-state index contributed by atoms with van der Waals surface area (Å²) in [6, 6.07) is 5.44. The smallest absolute Gasteiger partial charge is 0.326 e. The Morgan fingerprint density at radius 3 is 1.72 bits per heavy atom. The van der Waals surface area contributed by atoms with Crippen LogP contribution in [0.15, 0.2) is 79.6 Å². The molecule has 22 nitrogen and oxygen atoms in total. The molecule has 1 saturated heterocycles. The molecule has 2 aromatic heterocycles. The van der Waals surface area contributed by atoms with Gasteiger partial charge in [0.15, 0.2) is 0 Å². The summed E-state index contributed by atoms with van der Waals surface area (Å²) in [6.07, 6.45) is 6.75. The standard InChI is InChI=1S/C52H72N12O10/c1-7-31(6)44(63-47(68)38(60-49(70)43(53)30(4)5)22-33-15-17-36(65)18-16-33)50(71)61-40(24-35-26-55-28-57-35)51(72)64-19-11-14-42(64)48(69)59-37(21-32-12-9-8-10-13-32)45(66)58-39(23-34-25-54-27-56-34)46(67)62-41(52(73)74)20-29(2)3/h8-10,12-13,15-18,25-31,37-44,65H,7,11,14,19-24,53H2,1-6H3,(H,54,56)(H,55,57)(H,58,66)(H,59,69)(H,60,70)(H,61,71)(H,62,67)(H,63,68)(H,73,74)/t31-,37-,38-,39-,40-,41-,42-,43-,44-/m0/s1. The molecule has 74 heavy (non-hydrogen) atoms. The molecule has 9 atom stereocenters. The minimum Gasteiger partial charge on any atom is -0.508 e. The van der Waals surface area contributed by atoms with E-state index in [9.17, 15) is 48.6 Å². The van der Waals surface area contributed by atoms with Crippen molar-refractivity contribution in [3.63, 3.8) is 0 Å². The first kappa shape index (κ1) is 57.3. The van der Waals surface area contributed by atoms with Crippen molar-refractivity contribution in [2.45, 2.75) is 141 Å². The van der Waals surface area contributed by atoms with Gasteiger partial charge in [-0.15, -0.1) is 0 Å². The van der Waals surface area contributed by atoms with E-state index in [0.29, 0.717) is 35.4 Å². The number of imidazole rings is 2. The summed E-state index contributed by atoms with van der Waals surface area (Å²) in [5, 5.41) is 36.3. The molecule has 0 unspecified atom stereocenters. The maximum atomic E-state index is 14.8. The number of rotatable bonds is 27. The molecule has 0 radical (unpaired) electrons. The number of aromatic amines is 2. The fraction of sp³-hybridized carbons (Fsp3) is 0.500. The van der Waals surface area contributed by atoms with Gasteiger partial charge in [0, 0.05) is 56.0 Å². The van der Waals surface area contributed by atoms with E-state index in [2.05, 4.69) is 51.8 Å². The molecule has 22 heteroatoms. The molecule has 0 spiro atoms. The number of aliphatic carboxylic acids is 1. The molecule has 400 valence electrons. The summed E-state index contributed by atoms with van der Waals surface area (Å²) in [5.74, 6) is -6.79. The number of H-pyrrole nitrogens is 2. The van der Waals surface area contributed by atoms with Crippen molar-refractivity contribution in [1.82, 2.24) is 56.7 Å². The van der Waals surface area contributed by atoms with Crippen LogP contribution in [0.5, 0.6) is 5.75 Å². The second-order valence-corrected chi connectivity index (χ2v) is 19.7. The van der Waals surface area contributed by atoms with Crippen molar-refractivity contribution in [3.8, 4) is 5.75 Å². The summed E-state index contributed by atoms with van der Waals surface area (Å²) in [4.78, 5) is 127. The van der Waals surface area contributed by atoms with Gasteiger partial charge in [0.2, 0.25) is 41.4 Å². The first-order valence-corrected chi connectivity index (χ1v) is 25.1. The van der Waals surface area contributed by atoms with Gasteiger partial charge < -0.3 is 62.7 Å². The van der Waals surface area contributed by atoms with Crippen LogP contribution in [-0.4, -0.2) is 137 Å². The molecule has 0 saturated carbocycles. The Morgan fingerprint density at radius 1 is 0.662 bits per heavy atom. The van der Waals surface area contributed by atoms with Crippen LogP contribution in [0.1, 0.15) is 89.7 Å². The molecule has 1 aliphatic heterocycles. The van der Waals surface area contributed by atoms with E-state index in [1.807, 2.05) is 20.8 Å². The zero-order valence-corrected chi connectivity index (χ0v) is 42.8. The minimum absolute atomic E-state index is 0.00250. The molecule has 0 aliphatic carbocycles. The summed E-state index contributed by atoms with van der Waals surface area (Å²) in [6.45, 7) is 10.9. The van der Waals surface area contributed by atoms with Crippen LogP contribution in [0.25, 0.3) is 0 Å². The number of likely N-dealkylation sites (tertiary alicyclic amines) is 1. The average molecular weight is 1030 g/mol.